The van der Waals surface area contributed by atoms with Gasteiger partial charge in [0.15, 0.2) is 11.0 Å². The molecule has 1 amide bonds. The lowest BCUT2D eigenvalue weighted by molar-refractivity contribution is -0.113. The summed E-state index contributed by atoms with van der Waals surface area (Å²) in [7, 11) is 3.15. The Morgan fingerprint density at radius 3 is 2.45 bits per heavy atom. The van der Waals surface area contributed by atoms with E-state index in [0.29, 0.717) is 27.4 Å². The van der Waals surface area contributed by atoms with Gasteiger partial charge in [0.1, 0.15) is 11.5 Å². The minimum absolute atomic E-state index is 0.133. The molecular weight excluding hydrogens is 462 g/mol. The van der Waals surface area contributed by atoms with E-state index in [1.165, 1.54) is 18.9 Å². The number of carbonyl (C=O) groups excluding carboxylic acids is 1. The van der Waals surface area contributed by atoms with E-state index in [9.17, 15) is 4.79 Å². The Kier molecular flexibility index (Phi) is 7.11. The summed E-state index contributed by atoms with van der Waals surface area (Å²) in [6.07, 6.45) is 3.39. The number of aromatic nitrogens is 4. The molecule has 0 aliphatic rings. The molecule has 2 heterocycles. The summed E-state index contributed by atoms with van der Waals surface area (Å²) in [6.45, 7) is 0. The number of thioether (sulfide) groups is 1. The molecule has 8 nitrogen and oxygen atoms in total. The van der Waals surface area contributed by atoms with Gasteiger partial charge in [0, 0.05) is 29.3 Å². The zero-order valence-electron chi connectivity index (χ0n) is 17.9. The highest BCUT2D eigenvalue weighted by Gasteiger charge is 2.17. The summed E-state index contributed by atoms with van der Waals surface area (Å²) in [5, 5.41) is 12.5. The molecule has 0 fully saturated rings. The van der Waals surface area contributed by atoms with Gasteiger partial charge in [0.2, 0.25) is 5.91 Å². The number of carbonyl (C=O) groups is 1. The van der Waals surface area contributed by atoms with Gasteiger partial charge in [-0.3, -0.25) is 14.3 Å². The van der Waals surface area contributed by atoms with Crippen molar-refractivity contribution in [1.29, 1.82) is 0 Å². The number of rotatable bonds is 8. The van der Waals surface area contributed by atoms with Crippen molar-refractivity contribution in [2.45, 2.75) is 5.16 Å². The highest BCUT2D eigenvalue weighted by molar-refractivity contribution is 7.99. The fourth-order valence-electron chi connectivity index (χ4n) is 3.09. The molecule has 0 aliphatic heterocycles. The van der Waals surface area contributed by atoms with Crippen LogP contribution in [0.3, 0.4) is 0 Å². The normalized spacial score (nSPS) is 10.6. The monoisotopic (exact) mass is 481 g/mol. The van der Waals surface area contributed by atoms with Gasteiger partial charge in [-0.2, -0.15) is 0 Å². The average Bonchev–Trinajstić information content (AvgIpc) is 3.27. The maximum absolute atomic E-state index is 12.6. The van der Waals surface area contributed by atoms with Crippen LogP contribution in [0.2, 0.25) is 5.02 Å². The number of amides is 1. The molecule has 4 rings (SSSR count). The first-order valence-electron chi connectivity index (χ1n) is 9.85. The van der Waals surface area contributed by atoms with E-state index in [1.54, 1.807) is 37.7 Å². The molecule has 1 N–H and O–H groups in total. The van der Waals surface area contributed by atoms with E-state index in [1.807, 2.05) is 41.0 Å². The molecule has 0 unspecified atom stereocenters. The molecule has 33 heavy (non-hydrogen) atoms. The Hall–Kier alpha value is -3.56. The molecule has 2 aromatic carbocycles. The molecule has 0 spiro atoms. The van der Waals surface area contributed by atoms with Crippen LogP contribution in [0.25, 0.3) is 17.1 Å². The van der Waals surface area contributed by atoms with Gasteiger partial charge >= 0.3 is 0 Å². The molecule has 0 atom stereocenters. The third-order valence-electron chi connectivity index (χ3n) is 4.67. The van der Waals surface area contributed by atoms with Crippen molar-refractivity contribution in [2.75, 3.05) is 25.3 Å². The number of pyridine rings is 1. The largest absolute Gasteiger partial charge is 0.497 e. The van der Waals surface area contributed by atoms with Gasteiger partial charge in [0.25, 0.3) is 0 Å². The number of halogens is 1. The van der Waals surface area contributed by atoms with E-state index in [-0.39, 0.29) is 11.7 Å². The Morgan fingerprint density at radius 2 is 1.79 bits per heavy atom. The second-order valence-electron chi connectivity index (χ2n) is 6.76. The molecule has 0 saturated carbocycles. The van der Waals surface area contributed by atoms with E-state index in [2.05, 4.69) is 20.5 Å². The Bertz CT molecular complexity index is 1250. The van der Waals surface area contributed by atoms with Crippen LogP contribution in [0.5, 0.6) is 11.5 Å². The maximum atomic E-state index is 12.6. The topological polar surface area (TPSA) is 91.2 Å². The van der Waals surface area contributed by atoms with Crippen LogP contribution in [0.15, 0.2) is 72.1 Å². The zero-order chi connectivity index (χ0) is 23.2. The highest BCUT2D eigenvalue weighted by atomic mass is 35.5. The molecule has 2 aromatic heterocycles. The number of nitrogens with one attached hydrogen (secondary N) is 1. The van der Waals surface area contributed by atoms with Crippen molar-refractivity contribution < 1.29 is 14.3 Å². The SMILES string of the molecule is COc1ccc(-n2c(SCC(=O)Nc3ccc(OC)c(Cl)c3)nnc2-c2ccncc2)cc1. The molecule has 10 heteroatoms. The number of hydrogen-bond acceptors (Lipinski definition) is 7. The summed E-state index contributed by atoms with van der Waals surface area (Å²) in [5.74, 6) is 1.86. The Balaban J connectivity index is 1.56. The lowest BCUT2D eigenvalue weighted by Gasteiger charge is -2.11. The number of methoxy groups -OCH3 is 2. The third-order valence-corrected chi connectivity index (χ3v) is 5.89. The van der Waals surface area contributed by atoms with Gasteiger partial charge in [0.05, 0.1) is 25.0 Å². The first-order valence-corrected chi connectivity index (χ1v) is 11.2. The molecule has 0 bridgehead atoms. The van der Waals surface area contributed by atoms with Gasteiger partial charge in [-0.15, -0.1) is 10.2 Å². The summed E-state index contributed by atoms with van der Waals surface area (Å²) >= 11 is 7.42. The van der Waals surface area contributed by atoms with E-state index in [0.717, 1.165) is 17.0 Å². The Morgan fingerprint density at radius 1 is 1.03 bits per heavy atom. The second-order valence-corrected chi connectivity index (χ2v) is 8.11. The van der Waals surface area contributed by atoms with Crippen LogP contribution in [-0.4, -0.2) is 45.6 Å². The predicted molar refractivity (Wildman–Crippen MR) is 128 cm³/mol. The number of anilines is 1. The number of nitrogens with zero attached hydrogens (tertiary/aromatic N) is 4. The molecule has 168 valence electrons. The zero-order valence-corrected chi connectivity index (χ0v) is 19.4. The van der Waals surface area contributed by atoms with Crippen LogP contribution < -0.4 is 14.8 Å². The van der Waals surface area contributed by atoms with Crippen LogP contribution >= 0.6 is 23.4 Å². The Labute approximate surface area is 199 Å². The van der Waals surface area contributed by atoms with Crippen molar-refractivity contribution >= 4 is 35.0 Å². The lowest BCUT2D eigenvalue weighted by Crippen LogP contribution is -2.14. The molecule has 4 aromatic rings. The van der Waals surface area contributed by atoms with Crippen LogP contribution in [-0.2, 0) is 4.79 Å². The number of hydrogen-bond donors (Lipinski definition) is 1. The lowest BCUT2D eigenvalue weighted by atomic mass is 10.2. The number of ether oxygens (including phenoxy) is 2. The van der Waals surface area contributed by atoms with Gasteiger partial charge in [-0.05, 0) is 54.6 Å². The fourth-order valence-corrected chi connectivity index (χ4v) is 4.10. The highest BCUT2D eigenvalue weighted by Crippen LogP contribution is 2.30. The standard InChI is InChI=1S/C23H20ClN5O3S/c1-31-18-6-4-17(5-7-18)29-22(15-9-11-25-12-10-15)27-28-23(29)33-14-21(30)26-16-3-8-20(32-2)19(24)13-16/h3-13H,14H2,1-2H3,(H,26,30). The average molecular weight is 482 g/mol. The molecule has 0 aliphatic carbocycles. The van der Waals surface area contributed by atoms with Crippen LogP contribution in [0, 0.1) is 0 Å². The second kappa shape index (κ2) is 10.4. The maximum Gasteiger partial charge on any atom is 0.234 e. The number of benzene rings is 2. The van der Waals surface area contributed by atoms with Crippen molar-refractivity contribution in [3.8, 4) is 28.6 Å². The van der Waals surface area contributed by atoms with Crippen molar-refractivity contribution in [3.63, 3.8) is 0 Å². The minimum atomic E-state index is -0.198. The quantitative estimate of drug-likeness (QED) is 0.364. The van der Waals surface area contributed by atoms with E-state index in [4.69, 9.17) is 21.1 Å². The predicted octanol–water partition coefficient (Wildman–Crippen LogP) is 4.73. The summed E-state index contributed by atoms with van der Waals surface area (Å²) in [5.41, 5.74) is 2.29. The van der Waals surface area contributed by atoms with Gasteiger partial charge < -0.3 is 14.8 Å². The van der Waals surface area contributed by atoms with Crippen LogP contribution in [0.1, 0.15) is 0 Å². The summed E-state index contributed by atoms with van der Waals surface area (Å²) in [4.78, 5) is 16.6. The first-order chi connectivity index (χ1) is 16.1. The molecule has 0 radical (unpaired) electrons. The van der Waals surface area contributed by atoms with Gasteiger partial charge in [-0.1, -0.05) is 23.4 Å². The van der Waals surface area contributed by atoms with Crippen molar-refractivity contribution in [2.24, 2.45) is 0 Å². The molecular formula is C23H20ClN5O3S. The van der Waals surface area contributed by atoms with Crippen molar-refractivity contribution in [3.05, 3.63) is 72.0 Å². The first kappa shape index (κ1) is 22.6. The third kappa shape index (κ3) is 5.27. The smallest absolute Gasteiger partial charge is 0.234 e. The summed E-state index contributed by atoms with van der Waals surface area (Å²) < 4.78 is 12.3. The fraction of sp³-hybridized carbons (Fsp3) is 0.130. The van der Waals surface area contributed by atoms with E-state index < -0.39 is 0 Å². The molecule has 0 saturated heterocycles. The van der Waals surface area contributed by atoms with Crippen molar-refractivity contribution in [1.82, 2.24) is 19.7 Å². The van der Waals surface area contributed by atoms with Gasteiger partial charge in [-0.25, -0.2) is 0 Å². The van der Waals surface area contributed by atoms with Crippen LogP contribution in [0.4, 0.5) is 5.69 Å². The minimum Gasteiger partial charge on any atom is -0.497 e. The summed E-state index contributed by atoms with van der Waals surface area (Å²) in [6, 6.07) is 16.3. The van der Waals surface area contributed by atoms with E-state index >= 15 is 0 Å².